The third kappa shape index (κ3) is 6.04. The predicted octanol–water partition coefficient (Wildman–Crippen LogP) is 1.50. The number of halogens is 4. The van der Waals surface area contributed by atoms with Crippen LogP contribution in [0.15, 0.2) is 0 Å². The average Bonchev–Trinajstić information content (AvgIpc) is 1.98. The molecule has 2 unspecified atom stereocenters. The lowest BCUT2D eigenvalue weighted by atomic mass is 10.00. The first-order chi connectivity index (χ1) is 5.78. The van der Waals surface area contributed by atoms with Crippen LogP contribution in [0.1, 0.15) is 13.3 Å². The summed E-state index contributed by atoms with van der Waals surface area (Å²) in [4.78, 5) is 10.8. The summed E-state index contributed by atoms with van der Waals surface area (Å²) in [6, 6.07) is -1.24. The molecule has 0 aromatic heterocycles. The molecule has 0 radical (unpaired) electrons. The van der Waals surface area contributed by atoms with Gasteiger partial charge in [-0.3, -0.25) is 4.79 Å². The summed E-state index contributed by atoms with van der Waals surface area (Å²) in [5.41, 5.74) is 5.16. The molecule has 0 aromatic carbocycles. The third-order valence-electron chi connectivity index (χ3n) is 1.68. The number of carbonyl (C=O) groups is 1. The summed E-state index contributed by atoms with van der Waals surface area (Å²) in [5.74, 6) is -1.66. The van der Waals surface area contributed by atoms with Gasteiger partial charge in [0, 0.05) is 6.04 Å². The quantitative estimate of drug-likeness (QED) is 0.755. The van der Waals surface area contributed by atoms with Crippen LogP contribution in [-0.4, -0.2) is 25.3 Å². The van der Waals surface area contributed by atoms with E-state index in [-0.39, 0.29) is 12.4 Å². The lowest BCUT2D eigenvalue weighted by Crippen LogP contribution is -2.38. The zero-order valence-corrected chi connectivity index (χ0v) is 8.61. The maximum atomic E-state index is 11.8. The van der Waals surface area contributed by atoms with Crippen molar-refractivity contribution in [1.82, 2.24) is 0 Å². The molecule has 0 spiro atoms. The fourth-order valence-corrected chi connectivity index (χ4v) is 0.805. The van der Waals surface area contributed by atoms with Crippen molar-refractivity contribution in [3.05, 3.63) is 0 Å². The topological polar surface area (TPSA) is 52.3 Å². The Balaban J connectivity index is 0. The molecular formula is C7H13ClF3NO2. The van der Waals surface area contributed by atoms with Crippen LogP contribution >= 0.6 is 12.4 Å². The SMILES string of the molecule is COC(=O)C(C)C(N)CC(F)(F)F.Cl. The smallest absolute Gasteiger partial charge is 0.390 e. The maximum Gasteiger partial charge on any atom is 0.390 e. The molecule has 3 nitrogen and oxygen atoms in total. The summed E-state index contributed by atoms with van der Waals surface area (Å²) in [7, 11) is 1.11. The molecule has 0 aliphatic rings. The van der Waals surface area contributed by atoms with Crippen molar-refractivity contribution in [2.45, 2.75) is 25.6 Å². The fraction of sp³-hybridized carbons (Fsp3) is 0.857. The average molecular weight is 236 g/mol. The van der Waals surface area contributed by atoms with Crippen LogP contribution in [0.3, 0.4) is 0 Å². The van der Waals surface area contributed by atoms with Gasteiger partial charge in [-0.2, -0.15) is 13.2 Å². The van der Waals surface area contributed by atoms with Crippen LogP contribution in [0.4, 0.5) is 13.2 Å². The highest BCUT2D eigenvalue weighted by Crippen LogP contribution is 2.23. The monoisotopic (exact) mass is 235 g/mol. The van der Waals surface area contributed by atoms with Gasteiger partial charge >= 0.3 is 12.1 Å². The van der Waals surface area contributed by atoms with Crippen molar-refractivity contribution in [2.24, 2.45) is 11.7 Å². The van der Waals surface area contributed by atoms with E-state index >= 15 is 0 Å². The molecular weight excluding hydrogens is 223 g/mol. The van der Waals surface area contributed by atoms with Gasteiger partial charge in [0.25, 0.3) is 0 Å². The normalized spacial score (nSPS) is 15.3. The summed E-state index contributed by atoms with van der Waals surface area (Å²) in [6.45, 7) is 1.31. The molecule has 2 N–H and O–H groups in total. The van der Waals surface area contributed by atoms with Gasteiger partial charge in [0.05, 0.1) is 19.4 Å². The molecule has 0 aliphatic carbocycles. The zero-order chi connectivity index (χ0) is 10.6. The lowest BCUT2D eigenvalue weighted by Gasteiger charge is -2.18. The molecule has 2 atom stereocenters. The molecule has 7 heteroatoms. The molecule has 0 heterocycles. The van der Waals surface area contributed by atoms with Crippen LogP contribution in [0.5, 0.6) is 0 Å². The van der Waals surface area contributed by atoms with Crippen molar-refractivity contribution in [3.8, 4) is 0 Å². The van der Waals surface area contributed by atoms with Crippen molar-refractivity contribution < 1.29 is 22.7 Å². The van der Waals surface area contributed by atoms with Gasteiger partial charge in [-0.25, -0.2) is 0 Å². The highest BCUT2D eigenvalue weighted by molar-refractivity contribution is 5.85. The Bertz CT molecular complexity index is 186. The molecule has 0 saturated heterocycles. The zero-order valence-electron chi connectivity index (χ0n) is 7.80. The molecule has 0 fully saturated rings. The molecule has 86 valence electrons. The standard InChI is InChI=1S/C7H12F3NO2.ClH/c1-4(6(12)13-2)5(11)3-7(8,9)10;/h4-5H,3,11H2,1-2H3;1H. The number of rotatable bonds is 3. The first-order valence-corrected chi connectivity index (χ1v) is 3.68. The highest BCUT2D eigenvalue weighted by atomic mass is 35.5. The summed E-state index contributed by atoms with van der Waals surface area (Å²) < 4.78 is 39.7. The number of hydrogen-bond donors (Lipinski definition) is 1. The van der Waals surface area contributed by atoms with E-state index in [2.05, 4.69) is 4.74 Å². The summed E-state index contributed by atoms with van der Waals surface area (Å²) in [5, 5.41) is 0. The number of alkyl halides is 3. The minimum Gasteiger partial charge on any atom is -0.469 e. The maximum absolute atomic E-state index is 11.8. The predicted molar refractivity (Wildman–Crippen MR) is 47.1 cm³/mol. The van der Waals surface area contributed by atoms with E-state index in [1.165, 1.54) is 6.92 Å². The number of esters is 1. The van der Waals surface area contributed by atoms with Crippen LogP contribution in [0.25, 0.3) is 0 Å². The number of nitrogens with two attached hydrogens (primary N) is 1. The van der Waals surface area contributed by atoms with Crippen LogP contribution in [0.2, 0.25) is 0 Å². The molecule has 0 bridgehead atoms. The number of hydrogen-bond acceptors (Lipinski definition) is 3. The Morgan fingerprint density at radius 1 is 1.50 bits per heavy atom. The molecule has 0 saturated carbocycles. The second kappa shape index (κ2) is 6.08. The van der Waals surface area contributed by atoms with Gasteiger partial charge in [-0.15, -0.1) is 12.4 Å². The van der Waals surface area contributed by atoms with Gasteiger partial charge in [0.1, 0.15) is 0 Å². The Hall–Kier alpha value is -0.490. The molecule has 0 amide bonds. The van der Waals surface area contributed by atoms with Crippen LogP contribution < -0.4 is 5.73 Å². The Morgan fingerprint density at radius 3 is 2.21 bits per heavy atom. The van der Waals surface area contributed by atoms with Crippen molar-refractivity contribution >= 4 is 18.4 Å². The van der Waals surface area contributed by atoms with Crippen molar-refractivity contribution in [2.75, 3.05) is 7.11 Å². The minimum absolute atomic E-state index is 0. The lowest BCUT2D eigenvalue weighted by molar-refractivity contribution is -0.153. The van der Waals surface area contributed by atoms with Crippen molar-refractivity contribution in [3.63, 3.8) is 0 Å². The van der Waals surface area contributed by atoms with Gasteiger partial charge < -0.3 is 10.5 Å². The molecule has 0 aliphatic heterocycles. The van der Waals surface area contributed by atoms with E-state index in [1.54, 1.807) is 0 Å². The fourth-order valence-electron chi connectivity index (χ4n) is 0.805. The molecule has 0 aromatic rings. The first-order valence-electron chi connectivity index (χ1n) is 3.68. The number of methoxy groups -OCH3 is 1. The van der Waals surface area contributed by atoms with Gasteiger partial charge in [0.15, 0.2) is 0 Å². The minimum atomic E-state index is -4.35. The largest absolute Gasteiger partial charge is 0.469 e. The first kappa shape index (κ1) is 16.0. The number of ether oxygens (including phenoxy) is 1. The second-order valence-corrected chi connectivity index (χ2v) is 2.79. The van der Waals surface area contributed by atoms with E-state index in [0.29, 0.717) is 0 Å². The van der Waals surface area contributed by atoms with Crippen LogP contribution in [0, 0.1) is 5.92 Å². The molecule has 14 heavy (non-hydrogen) atoms. The van der Waals surface area contributed by atoms with E-state index in [4.69, 9.17) is 5.73 Å². The van der Waals surface area contributed by atoms with Crippen LogP contribution in [-0.2, 0) is 9.53 Å². The van der Waals surface area contributed by atoms with E-state index < -0.39 is 30.5 Å². The second-order valence-electron chi connectivity index (χ2n) is 2.79. The number of carbonyl (C=O) groups excluding carboxylic acids is 1. The van der Waals surface area contributed by atoms with E-state index in [9.17, 15) is 18.0 Å². The molecule has 0 rings (SSSR count). The van der Waals surface area contributed by atoms with E-state index in [1.807, 2.05) is 0 Å². The van der Waals surface area contributed by atoms with E-state index in [0.717, 1.165) is 7.11 Å². The van der Waals surface area contributed by atoms with Gasteiger partial charge in [-0.05, 0) is 0 Å². The Labute approximate surface area is 86.2 Å². The Morgan fingerprint density at radius 2 is 1.93 bits per heavy atom. The summed E-state index contributed by atoms with van der Waals surface area (Å²) >= 11 is 0. The van der Waals surface area contributed by atoms with Gasteiger partial charge in [-0.1, -0.05) is 6.92 Å². The van der Waals surface area contributed by atoms with Gasteiger partial charge in [0.2, 0.25) is 0 Å². The Kier molecular flexibility index (Phi) is 6.93. The third-order valence-corrected chi connectivity index (χ3v) is 1.68. The highest BCUT2D eigenvalue weighted by Gasteiger charge is 2.34. The summed E-state index contributed by atoms with van der Waals surface area (Å²) in [6.07, 6.45) is -5.52. The van der Waals surface area contributed by atoms with Crippen molar-refractivity contribution in [1.29, 1.82) is 0 Å².